The maximum atomic E-state index is 11.8. The van der Waals surface area contributed by atoms with Gasteiger partial charge in [-0.3, -0.25) is 4.79 Å². The molecule has 1 heterocycles. The second kappa shape index (κ2) is 6.06. The largest absolute Gasteiger partial charge is 0.387 e. The maximum absolute atomic E-state index is 11.8. The fourth-order valence-corrected chi connectivity index (χ4v) is 1.71. The van der Waals surface area contributed by atoms with Crippen LogP contribution < -0.4 is 5.32 Å². The lowest BCUT2D eigenvalue weighted by Gasteiger charge is -2.12. The van der Waals surface area contributed by atoms with Crippen LogP contribution in [0.1, 0.15) is 27.6 Å². The zero-order valence-corrected chi connectivity index (χ0v) is 10.6. The summed E-state index contributed by atoms with van der Waals surface area (Å²) in [6, 6.07) is 9.13. The molecule has 0 saturated carbocycles. The molecule has 0 bridgehead atoms. The number of hydrogen-bond donors (Lipinski definition) is 2. The number of carbonyl (C=O) groups is 1. The Labute approximate surface area is 111 Å². The number of benzene rings is 1. The minimum atomic E-state index is -0.723. The Kier molecular flexibility index (Phi) is 4.20. The molecule has 98 valence electrons. The molecular formula is C14H15N3O2. The average Bonchev–Trinajstić information content (AvgIpc) is 2.45. The fraction of sp³-hybridized carbons (Fsp3) is 0.214. The van der Waals surface area contributed by atoms with E-state index in [1.807, 2.05) is 31.2 Å². The first kappa shape index (κ1) is 13.2. The lowest BCUT2D eigenvalue weighted by molar-refractivity contribution is 0.0915. The van der Waals surface area contributed by atoms with E-state index < -0.39 is 6.10 Å². The number of aromatic nitrogens is 2. The average molecular weight is 257 g/mol. The number of aryl methyl sites for hydroxylation is 1. The van der Waals surface area contributed by atoms with Gasteiger partial charge in [0.2, 0.25) is 0 Å². The van der Waals surface area contributed by atoms with Crippen LogP contribution in [0, 0.1) is 6.92 Å². The molecule has 1 aromatic heterocycles. The predicted octanol–water partition coefficient (Wildman–Crippen LogP) is 1.25. The highest BCUT2D eigenvalue weighted by molar-refractivity contribution is 5.93. The van der Waals surface area contributed by atoms with E-state index in [-0.39, 0.29) is 12.5 Å². The van der Waals surface area contributed by atoms with Gasteiger partial charge in [0.15, 0.2) is 0 Å². The van der Waals surface area contributed by atoms with Gasteiger partial charge in [-0.05, 0) is 18.6 Å². The molecule has 0 fully saturated rings. The summed E-state index contributed by atoms with van der Waals surface area (Å²) in [6.45, 7) is 2.11. The van der Waals surface area contributed by atoms with Crippen LogP contribution in [0.15, 0.2) is 42.7 Å². The van der Waals surface area contributed by atoms with E-state index in [1.165, 1.54) is 12.4 Å². The molecule has 0 aliphatic rings. The molecule has 1 amide bonds. The minimum Gasteiger partial charge on any atom is -0.387 e. The van der Waals surface area contributed by atoms with Crippen LogP contribution in [0.25, 0.3) is 0 Å². The Morgan fingerprint density at radius 2 is 2.21 bits per heavy atom. The third kappa shape index (κ3) is 3.59. The molecular weight excluding hydrogens is 242 g/mol. The first-order valence-corrected chi connectivity index (χ1v) is 5.96. The minimum absolute atomic E-state index is 0.157. The monoisotopic (exact) mass is 257 g/mol. The van der Waals surface area contributed by atoms with Gasteiger partial charge in [0.1, 0.15) is 0 Å². The summed E-state index contributed by atoms with van der Waals surface area (Å²) < 4.78 is 0. The van der Waals surface area contributed by atoms with Crippen LogP contribution in [-0.2, 0) is 0 Å². The van der Waals surface area contributed by atoms with E-state index >= 15 is 0 Å². The lowest BCUT2D eigenvalue weighted by atomic mass is 10.1. The standard InChI is InChI=1S/C14H15N3O2/c1-10-3-2-4-11(7-10)13(18)9-15-14(19)12-5-6-16-17-8-12/h2-8,13,18H,9H2,1H3,(H,15,19). The molecule has 0 radical (unpaired) electrons. The first-order valence-electron chi connectivity index (χ1n) is 5.96. The fourth-order valence-electron chi connectivity index (χ4n) is 1.71. The summed E-state index contributed by atoms with van der Waals surface area (Å²) in [5.74, 6) is -0.276. The highest BCUT2D eigenvalue weighted by Crippen LogP contribution is 2.13. The molecule has 2 N–H and O–H groups in total. The van der Waals surface area contributed by atoms with E-state index in [4.69, 9.17) is 0 Å². The molecule has 2 rings (SSSR count). The van der Waals surface area contributed by atoms with E-state index in [0.717, 1.165) is 11.1 Å². The third-order valence-corrected chi connectivity index (χ3v) is 2.73. The van der Waals surface area contributed by atoms with Crippen LogP contribution >= 0.6 is 0 Å². The van der Waals surface area contributed by atoms with Gasteiger partial charge in [-0.15, -0.1) is 0 Å². The van der Waals surface area contributed by atoms with Crippen LogP contribution in [0.2, 0.25) is 0 Å². The maximum Gasteiger partial charge on any atom is 0.253 e. The van der Waals surface area contributed by atoms with Crippen molar-refractivity contribution in [2.75, 3.05) is 6.54 Å². The molecule has 0 aliphatic heterocycles. The molecule has 1 unspecified atom stereocenters. The summed E-state index contributed by atoms with van der Waals surface area (Å²) in [5, 5.41) is 19.9. The van der Waals surface area contributed by atoms with Crippen molar-refractivity contribution in [3.63, 3.8) is 0 Å². The molecule has 0 spiro atoms. The Morgan fingerprint density at radius 3 is 2.89 bits per heavy atom. The molecule has 5 nitrogen and oxygen atoms in total. The normalized spacial score (nSPS) is 11.9. The Hall–Kier alpha value is -2.27. The predicted molar refractivity (Wildman–Crippen MR) is 70.5 cm³/mol. The summed E-state index contributed by atoms with van der Waals surface area (Å²) in [4.78, 5) is 11.8. The Balaban J connectivity index is 1.94. The number of rotatable bonds is 4. The molecule has 0 saturated heterocycles. The van der Waals surface area contributed by atoms with Gasteiger partial charge in [-0.2, -0.15) is 10.2 Å². The molecule has 1 aromatic carbocycles. The Morgan fingerprint density at radius 1 is 1.37 bits per heavy atom. The van der Waals surface area contributed by atoms with Gasteiger partial charge in [0.05, 0.1) is 24.1 Å². The second-order valence-corrected chi connectivity index (χ2v) is 4.27. The van der Waals surface area contributed by atoms with Crippen molar-refractivity contribution in [1.29, 1.82) is 0 Å². The number of hydrogen-bond acceptors (Lipinski definition) is 4. The zero-order chi connectivity index (χ0) is 13.7. The number of aliphatic hydroxyl groups excluding tert-OH is 1. The first-order chi connectivity index (χ1) is 9.16. The second-order valence-electron chi connectivity index (χ2n) is 4.27. The van der Waals surface area contributed by atoms with Gasteiger partial charge in [-0.25, -0.2) is 0 Å². The van der Waals surface area contributed by atoms with E-state index in [2.05, 4.69) is 15.5 Å². The Bertz CT molecular complexity index is 558. The van der Waals surface area contributed by atoms with Crippen LogP contribution in [0.3, 0.4) is 0 Å². The smallest absolute Gasteiger partial charge is 0.253 e. The summed E-state index contributed by atoms with van der Waals surface area (Å²) in [7, 11) is 0. The van der Waals surface area contributed by atoms with Crippen LogP contribution in [0.5, 0.6) is 0 Å². The molecule has 19 heavy (non-hydrogen) atoms. The highest BCUT2D eigenvalue weighted by atomic mass is 16.3. The van der Waals surface area contributed by atoms with Gasteiger partial charge < -0.3 is 10.4 Å². The van der Waals surface area contributed by atoms with Crippen molar-refractivity contribution < 1.29 is 9.90 Å². The topological polar surface area (TPSA) is 75.1 Å². The van der Waals surface area contributed by atoms with Crippen LogP contribution in [-0.4, -0.2) is 27.8 Å². The summed E-state index contributed by atoms with van der Waals surface area (Å²) in [5.41, 5.74) is 2.28. The highest BCUT2D eigenvalue weighted by Gasteiger charge is 2.10. The summed E-state index contributed by atoms with van der Waals surface area (Å²) >= 11 is 0. The van der Waals surface area contributed by atoms with E-state index in [1.54, 1.807) is 6.07 Å². The number of nitrogens with zero attached hydrogens (tertiary/aromatic N) is 2. The molecule has 1 atom stereocenters. The third-order valence-electron chi connectivity index (χ3n) is 2.73. The van der Waals surface area contributed by atoms with Crippen molar-refractivity contribution in [1.82, 2.24) is 15.5 Å². The van der Waals surface area contributed by atoms with Crippen molar-refractivity contribution in [3.05, 3.63) is 59.4 Å². The van der Waals surface area contributed by atoms with Crippen molar-refractivity contribution in [2.45, 2.75) is 13.0 Å². The van der Waals surface area contributed by atoms with Crippen molar-refractivity contribution in [2.24, 2.45) is 0 Å². The van der Waals surface area contributed by atoms with Gasteiger partial charge in [-0.1, -0.05) is 29.8 Å². The molecule has 5 heteroatoms. The summed E-state index contributed by atoms with van der Waals surface area (Å²) in [6.07, 6.45) is 2.11. The molecule has 0 aliphatic carbocycles. The molecule has 2 aromatic rings. The number of amides is 1. The number of aliphatic hydroxyl groups is 1. The van der Waals surface area contributed by atoms with Crippen molar-refractivity contribution >= 4 is 5.91 Å². The SMILES string of the molecule is Cc1cccc(C(O)CNC(=O)c2ccnnc2)c1. The van der Waals surface area contributed by atoms with Crippen LogP contribution in [0.4, 0.5) is 0 Å². The van der Waals surface area contributed by atoms with Gasteiger partial charge in [0, 0.05) is 6.54 Å². The van der Waals surface area contributed by atoms with E-state index in [0.29, 0.717) is 5.56 Å². The van der Waals surface area contributed by atoms with E-state index in [9.17, 15) is 9.90 Å². The lowest BCUT2D eigenvalue weighted by Crippen LogP contribution is -2.28. The van der Waals surface area contributed by atoms with Gasteiger partial charge in [0.25, 0.3) is 5.91 Å². The number of carbonyl (C=O) groups excluding carboxylic acids is 1. The van der Waals surface area contributed by atoms with Crippen molar-refractivity contribution in [3.8, 4) is 0 Å². The van der Waals surface area contributed by atoms with Gasteiger partial charge >= 0.3 is 0 Å². The quantitative estimate of drug-likeness (QED) is 0.864. The number of nitrogens with one attached hydrogen (secondary N) is 1. The zero-order valence-electron chi connectivity index (χ0n) is 10.6.